The summed E-state index contributed by atoms with van der Waals surface area (Å²) in [5.74, 6) is 2.30. The van der Waals surface area contributed by atoms with E-state index >= 15 is 0 Å². The number of nitrogens with zero attached hydrogens (tertiary/aromatic N) is 1. The highest BCUT2D eigenvalue weighted by molar-refractivity contribution is 5.95. The summed E-state index contributed by atoms with van der Waals surface area (Å²) >= 11 is 0. The van der Waals surface area contributed by atoms with E-state index in [-0.39, 0.29) is 22.6 Å². The van der Waals surface area contributed by atoms with E-state index in [4.69, 9.17) is 0 Å². The lowest BCUT2D eigenvalue weighted by molar-refractivity contribution is -0.141. The smallest absolute Gasteiger partial charge is 0.230 e. The molecule has 4 rings (SSSR count). The van der Waals surface area contributed by atoms with Crippen molar-refractivity contribution in [2.75, 3.05) is 0 Å². The third-order valence-corrected chi connectivity index (χ3v) is 8.17. The van der Waals surface area contributed by atoms with Crippen LogP contribution < -0.4 is 0 Å². The maximum atomic E-state index is 12.2. The lowest BCUT2D eigenvalue weighted by Crippen LogP contribution is -2.52. The topological polar surface area (TPSA) is 37.4 Å². The number of carbonyl (C=O) groups excluding carboxylic acids is 2. The molecule has 0 aromatic rings. The van der Waals surface area contributed by atoms with Gasteiger partial charge in [-0.25, -0.2) is 0 Å². The Labute approximate surface area is 157 Å². The number of rotatable bonds is 1. The molecular weight excluding hydrogens is 322 g/mol. The number of carbonyl (C=O) groups is 2. The molecule has 0 bridgehead atoms. The van der Waals surface area contributed by atoms with Crippen LogP contribution in [0.15, 0.2) is 36.1 Å². The largest absolute Gasteiger partial charge is 0.274 e. The molecule has 2 saturated carbocycles. The molecule has 0 N–H and O–H groups in total. The minimum Gasteiger partial charge on any atom is -0.274 e. The minimum absolute atomic E-state index is 0.0457. The molecule has 4 aliphatic carbocycles. The predicted molar refractivity (Wildman–Crippen MR) is 103 cm³/mol. The molecule has 0 saturated heterocycles. The Morgan fingerprint density at radius 3 is 2.46 bits per heavy atom. The van der Waals surface area contributed by atoms with Gasteiger partial charge in [0, 0.05) is 25.0 Å². The monoisotopic (exact) mass is 353 g/mol. The number of hydrogen-bond acceptors (Lipinski definition) is 2. The first-order chi connectivity index (χ1) is 12.3. The Morgan fingerprint density at radius 2 is 1.77 bits per heavy atom. The fourth-order valence-electron chi connectivity index (χ4n) is 6.88. The molecule has 0 heterocycles. The van der Waals surface area contributed by atoms with Gasteiger partial charge in [-0.05, 0) is 61.2 Å². The van der Waals surface area contributed by atoms with Gasteiger partial charge in [-0.1, -0.05) is 44.2 Å². The van der Waals surface area contributed by atoms with Crippen molar-refractivity contribution in [2.45, 2.75) is 59.8 Å². The molecule has 0 aliphatic heterocycles. The zero-order valence-electron chi connectivity index (χ0n) is 16.5. The van der Waals surface area contributed by atoms with Gasteiger partial charge in [0.05, 0.1) is 0 Å². The summed E-state index contributed by atoms with van der Waals surface area (Å²) < 4.78 is 0. The van der Waals surface area contributed by atoms with Crippen LogP contribution in [0.2, 0.25) is 0 Å². The first kappa shape index (κ1) is 17.8. The van der Waals surface area contributed by atoms with Crippen molar-refractivity contribution < 1.29 is 9.59 Å². The Morgan fingerprint density at radius 1 is 1.04 bits per heavy atom. The van der Waals surface area contributed by atoms with Gasteiger partial charge in [-0.15, -0.1) is 0 Å². The van der Waals surface area contributed by atoms with Gasteiger partial charge in [0.2, 0.25) is 11.8 Å². The average molecular weight is 354 g/mol. The summed E-state index contributed by atoms with van der Waals surface area (Å²) in [4.78, 5) is 25.8. The molecule has 0 radical (unpaired) electrons. The highest BCUT2D eigenvalue weighted by Crippen LogP contribution is 2.65. The van der Waals surface area contributed by atoms with Crippen molar-refractivity contribution in [3.63, 3.8) is 0 Å². The second kappa shape index (κ2) is 5.94. The van der Waals surface area contributed by atoms with Crippen molar-refractivity contribution in [1.82, 2.24) is 4.90 Å². The third kappa shape index (κ3) is 2.32. The lowest BCUT2D eigenvalue weighted by atomic mass is 9.47. The van der Waals surface area contributed by atoms with Gasteiger partial charge in [0.1, 0.15) is 0 Å². The van der Waals surface area contributed by atoms with Crippen molar-refractivity contribution in [3.05, 3.63) is 36.1 Å². The predicted octanol–water partition coefficient (Wildman–Crippen LogP) is 4.86. The highest BCUT2D eigenvalue weighted by Gasteiger charge is 2.58. The van der Waals surface area contributed by atoms with Gasteiger partial charge >= 0.3 is 0 Å². The summed E-state index contributed by atoms with van der Waals surface area (Å²) in [5.41, 5.74) is 1.20. The first-order valence-electron chi connectivity index (χ1n) is 10.2. The molecule has 0 spiro atoms. The van der Waals surface area contributed by atoms with Crippen molar-refractivity contribution in [2.24, 2.45) is 34.5 Å². The summed E-state index contributed by atoms with van der Waals surface area (Å²) in [5, 5.41) is 0. The molecule has 0 unspecified atom stereocenters. The van der Waals surface area contributed by atoms with Crippen LogP contribution in [0.5, 0.6) is 0 Å². The summed E-state index contributed by atoms with van der Waals surface area (Å²) in [6, 6.07) is 0. The Kier molecular flexibility index (Phi) is 4.05. The standard InChI is InChI=1S/C23H31NO2/c1-15(25)24(16(2)26)21-11-10-19-18-9-8-17-7-5-6-13-22(17,3)20(18)12-14-23(19,21)4/h5-7,11,13,17-20H,8-10,12,14H2,1-4H3/t17-,18-,19-,20-,22-,23-/m0/s1. The third-order valence-electron chi connectivity index (χ3n) is 8.17. The average Bonchev–Trinajstić information content (AvgIpc) is 2.91. The Balaban J connectivity index is 1.66. The number of imide groups is 1. The molecule has 2 amide bonds. The van der Waals surface area contributed by atoms with Gasteiger partial charge in [0.15, 0.2) is 0 Å². The summed E-state index contributed by atoms with van der Waals surface area (Å²) in [6.07, 6.45) is 17.3. The minimum atomic E-state index is -0.149. The van der Waals surface area contributed by atoms with Gasteiger partial charge in [-0.2, -0.15) is 0 Å². The fraction of sp³-hybridized carbons (Fsp3) is 0.652. The second-order valence-corrected chi connectivity index (χ2v) is 9.33. The van der Waals surface area contributed by atoms with Crippen LogP contribution in [0.4, 0.5) is 0 Å². The van der Waals surface area contributed by atoms with E-state index < -0.39 is 0 Å². The van der Waals surface area contributed by atoms with Gasteiger partial charge < -0.3 is 0 Å². The molecule has 0 aromatic carbocycles. The maximum Gasteiger partial charge on any atom is 0.230 e. The van der Waals surface area contributed by atoms with Crippen LogP contribution in [0.3, 0.4) is 0 Å². The van der Waals surface area contributed by atoms with Crippen LogP contribution in [0.1, 0.15) is 59.8 Å². The summed E-state index contributed by atoms with van der Waals surface area (Å²) in [6.45, 7) is 7.78. The molecular formula is C23H31NO2. The van der Waals surface area contributed by atoms with Crippen molar-refractivity contribution in [3.8, 4) is 0 Å². The fourth-order valence-corrected chi connectivity index (χ4v) is 6.88. The quantitative estimate of drug-likeness (QED) is 0.675. The number of fused-ring (bicyclic) bond motifs is 5. The molecule has 3 nitrogen and oxygen atoms in total. The highest BCUT2D eigenvalue weighted by atomic mass is 16.2. The van der Waals surface area contributed by atoms with Crippen LogP contribution in [0.25, 0.3) is 0 Å². The van der Waals surface area contributed by atoms with Crippen molar-refractivity contribution >= 4 is 11.8 Å². The molecule has 140 valence electrons. The van der Waals surface area contributed by atoms with E-state index in [1.165, 1.54) is 38.0 Å². The Bertz CT molecular complexity index is 718. The Hall–Kier alpha value is -1.64. The van der Waals surface area contributed by atoms with E-state index in [9.17, 15) is 9.59 Å². The number of amides is 2. The number of allylic oxidation sites excluding steroid dienone is 6. The zero-order valence-corrected chi connectivity index (χ0v) is 16.5. The molecule has 26 heavy (non-hydrogen) atoms. The molecule has 6 atom stereocenters. The normalized spacial score (nSPS) is 43.2. The molecule has 3 heteroatoms. The van der Waals surface area contributed by atoms with Crippen molar-refractivity contribution in [1.29, 1.82) is 0 Å². The van der Waals surface area contributed by atoms with E-state index in [0.717, 1.165) is 18.5 Å². The summed E-state index contributed by atoms with van der Waals surface area (Å²) in [7, 11) is 0. The molecule has 0 aromatic heterocycles. The zero-order chi connectivity index (χ0) is 18.7. The SMILES string of the molecule is CC(=O)N(C(C)=O)C1=CC[C@H]2[C@@H]3CC[C@@H]4C=CC=C[C@]4(C)[C@H]3CC[C@]12C. The molecule has 4 aliphatic rings. The van der Waals surface area contributed by atoms with E-state index in [2.05, 4.69) is 44.2 Å². The first-order valence-corrected chi connectivity index (χ1v) is 10.2. The van der Waals surface area contributed by atoms with Crippen LogP contribution in [-0.4, -0.2) is 16.7 Å². The van der Waals surface area contributed by atoms with Gasteiger partial charge in [-0.3, -0.25) is 14.5 Å². The lowest BCUT2D eigenvalue weighted by Gasteiger charge is -2.58. The van der Waals surface area contributed by atoms with E-state index in [1.54, 1.807) is 0 Å². The van der Waals surface area contributed by atoms with E-state index in [0.29, 0.717) is 23.7 Å². The van der Waals surface area contributed by atoms with Gasteiger partial charge in [0.25, 0.3) is 0 Å². The molecule has 2 fully saturated rings. The number of hydrogen-bond donors (Lipinski definition) is 0. The second-order valence-electron chi connectivity index (χ2n) is 9.33. The van der Waals surface area contributed by atoms with Crippen LogP contribution in [-0.2, 0) is 9.59 Å². The maximum absolute atomic E-state index is 12.2. The van der Waals surface area contributed by atoms with Crippen LogP contribution >= 0.6 is 0 Å². The van der Waals surface area contributed by atoms with Crippen LogP contribution in [0, 0.1) is 34.5 Å². The van der Waals surface area contributed by atoms with E-state index in [1.807, 2.05) is 0 Å².